The van der Waals surface area contributed by atoms with Gasteiger partial charge in [-0.05, 0) is 30.7 Å². The summed E-state index contributed by atoms with van der Waals surface area (Å²) in [6, 6.07) is 14.6. The Morgan fingerprint density at radius 3 is 2.64 bits per heavy atom. The minimum atomic E-state index is -0.959. The quantitative estimate of drug-likeness (QED) is 0.795. The van der Waals surface area contributed by atoms with Gasteiger partial charge in [-0.3, -0.25) is 0 Å². The average Bonchev–Trinajstić information content (AvgIpc) is 2.54. The minimum Gasteiger partial charge on any atom is -0.496 e. The number of pyridine rings is 1. The number of fused-ring (bicyclic) bond motifs is 1. The number of aromatic nitrogens is 1. The van der Waals surface area contributed by atoms with Crippen molar-refractivity contribution < 1.29 is 14.6 Å². The van der Waals surface area contributed by atoms with Gasteiger partial charge in [0, 0.05) is 10.9 Å². The van der Waals surface area contributed by atoms with Crippen LogP contribution in [-0.2, 0) is 0 Å². The van der Waals surface area contributed by atoms with Gasteiger partial charge < -0.3 is 9.84 Å². The summed E-state index contributed by atoms with van der Waals surface area (Å²) < 4.78 is 5.33. The summed E-state index contributed by atoms with van der Waals surface area (Å²) in [5.41, 5.74) is 3.38. The monoisotopic (exact) mass is 293 g/mol. The van der Waals surface area contributed by atoms with Crippen LogP contribution in [0.2, 0.25) is 0 Å². The zero-order valence-electron chi connectivity index (χ0n) is 12.3. The zero-order chi connectivity index (χ0) is 15.7. The summed E-state index contributed by atoms with van der Waals surface area (Å²) in [5.74, 6) is -0.205. The van der Waals surface area contributed by atoms with Crippen LogP contribution >= 0.6 is 0 Å². The number of carboxylic acids is 1. The van der Waals surface area contributed by atoms with E-state index in [1.165, 1.54) is 0 Å². The third kappa shape index (κ3) is 2.39. The van der Waals surface area contributed by atoms with E-state index in [2.05, 4.69) is 4.98 Å². The van der Waals surface area contributed by atoms with Crippen LogP contribution in [0.15, 0.2) is 48.5 Å². The summed E-state index contributed by atoms with van der Waals surface area (Å²) >= 11 is 0. The summed E-state index contributed by atoms with van der Waals surface area (Å²) in [4.78, 5) is 16.1. The van der Waals surface area contributed by atoms with E-state index in [4.69, 9.17) is 4.74 Å². The topological polar surface area (TPSA) is 59.4 Å². The summed E-state index contributed by atoms with van der Waals surface area (Å²) in [6.07, 6.45) is 0. The first-order valence-electron chi connectivity index (χ1n) is 6.88. The number of hydrogen-bond donors (Lipinski definition) is 1. The average molecular weight is 293 g/mol. The van der Waals surface area contributed by atoms with Crippen molar-refractivity contribution in [3.8, 4) is 17.0 Å². The van der Waals surface area contributed by atoms with E-state index in [1.807, 2.05) is 43.3 Å². The van der Waals surface area contributed by atoms with Crippen molar-refractivity contribution in [2.75, 3.05) is 7.11 Å². The lowest BCUT2D eigenvalue weighted by molar-refractivity contribution is 0.0699. The van der Waals surface area contributed by atoms with Crippen LogP contribution in [0.1, 0.15) is 15.9 Å². The zero-order valence-corrected chi connectivity index (χ0v) is 12.3. The second-order valence-electron chi connectivity index (χ2n) is 5.06. The molecule has 0 fully saturated rings. The first kappa shape index (κ1) is 14.1. The van der Waals surface area contributed by atoms with Gasteiger partial charge in [0.1, 0.15) is 5.75 Å². The lowest BCUT2D eigenvalue weighted by Crippen LogP contribution is -2.00. The normalized spacial score (nSPS) is 10.6. The number of hydrogen-bond acceptors (Lipinski definition) is 3. The fourth-order valence-corrected chi connectivity index (χ4v) is 2.48. The van der Waals surface area contributed by atoms with E-state index >= 15 is 0 Å². The molecule has 4 heteroatoms. The highest BCUT2D eigenvalue weighted by Crippen LogP contribution is 2.28. The fourth-order valence-electron chi connectivity index (χ4n) is 2.48. The lowest BCUT2D eigenvalue weighted by atomic mass is 10.0. The number of ether oxygens (including phenoxy) is 1. The van der Waals surface area contributed by atoms with Crippen LogP contribution < -0.4 is 4.74 Å². The summed E-state index contributed by atoms with van der Waals surface area (Å²) in [7, 11) is 1.61. The molecule has 0 saturated heterocycles. The number of nitrogens with zero attached hydrogens (tertiary/aromatic N) is 1. The molecule has 0 aliphatic rings. The Kier molecular flexibility index (Phi) is 3.51. The number of aryl methyl sites for hydroxylation is 1. The molecule has 2 aromatic carbocycles. The Bertz CT molecular complexity index is 871. The predicted octanol–water partition coefficient (Wildman–Crippen LogP) is 3.92. The standard InChI is InChI=1S/C18H15NO3/c1-11-7-8-12(9-17(11)22-2)16-10-14(18(20)21)13-5-3-4-6-15(13)19-16/h3-10H,1-2H3,(H,20,21). The Labute approximate surface area is 128 Å². The van der Waals surface area contributed by atoms with Crippen molar-refractivity contribution in [3.63, 3.8) is 0 Å². The molecule has 22 heavy (non-hydrogen) atoms. The maximum atomic E-state index is 11.5. The lowest BCUT2D eigenvalue weighted by Gasteiger charge is -2.10. The van der Waals surface area contributed by atoms with Crippen LogP contribution in [0.5, 0.6) is 5.75 Å². The van der Waals surface area contributed by atoms with Crippen LogP contribution in [0.3, 0.4) is 0 Å². The number of para-hydroxylation sites is 1. The van der Waals surface area contributed by atoms with Crippen LogP contribution in [-0.4, -0.2) is 23.2 Å². The third-order valence-corrected chi connectivity index (χ3v) is 3.65. The van der Waals surface area contributed by atoms with Crippen LogP contribution in [0.25, 0.3) is 22.2 Å². The molecule has 1 heterocycles. The Hall–Kier alpha value is -2.88. The van der Waals surface area contributed by atoms with Gasteiger partial charge in [-0.25, -0.2) is 9.78 Å². The van der Waals surface area contributed by atoms with Crippen molar-refractivity contribution in [2.24, 2.45) is 0 Å². The van der Waals surface area contributed by atoms with E-state index in [9.17, 15) is 9.90 Å². The van der Waals surface area contributed by atoms with E-state index in [0.717, 1.165) is 16.9 Å². The Balaban J connectivity index is 2.25. The van der Waals surface area contributed by atoms with Gasteiger partial charge in [-0.15, -0.1) is 0 Å². The predicted molar refractivity (Wildman–Crippen MR) is 85.4 cm³/mol. The molecule has 0 unspecified atom stereocenters. The van der Waals surface area contributed by atoms with Gasteiger partial charge in [0.15, 0.2) is 0 Å². The number of methoxy groups -OCH3 is 1. The highest BCUT2D eigenvalue weighted by molar-refractivity contribution is 6.03. The van der Waals surface area contributed by atoms with Crippen molar-refractivity contribution in [2.45, 2.75) is 6.92 Å². The molecular weight excluding hydrogens is 278 g/mol. The van der Waals surface area contributed by atoms with E-state index in [-0.39, 0.29) is 5.56 Å². The van der Waals surface area contributed by atoms with Crippen molar-refractivity contribution in [1.29, 1.82) is 0 Å². The number of rotatable bonds is 3. The highest BCUT2D eigenvalue weighted by atomic mass is 16.5. The highest BCUT2D eigenvalue weighted by Gasteiger charge is 2.13. The largest absolute Gasteiger partial charge is 0.496 e. The van der Waals surface area contributed by atoms with Crippen molar-refractivity contribution >= 4 is 16.9 Å². The SMILES string of the molecule is COc1cc(-c2cc(C(=O)O)c3ccccc3n2)ccc1C. The van der Waals surface area contributed by atoms with Gasteiger partial charge in [-0.1, -0.05) is 30.3 Å². The molecular formula is C18H15NO3. The molecule has 0 atom stereocenters. The molecule has 0 spiro atoms. The number of carboxylic acid groups (broad SMARTS) is 1. The molecule has 0 aliphatic carbocycles. The molecule has 3 rings (SSSR count). The second-order valence-corrected chi connectivity index (χ2v) is 5.06. The molecule has 4 nitrogen and oxygen atoms in total. The van der Waals surface area contributed by atoms with E-state index in [1.54, 1.807) is 19.2 Å². The summed E-state index contributed by atoms with van der Waals surface area (Å²) in [5, 5.41) is 10.1. The van der Waals surface area contributed by atoms with Gasteiger partial charge >= 0.3 is 5.97 Å². The number of aromatic carboxylic acids is 1. The van der Waals surface area contributed by atoms with Crippen molar-refractivity contribution in [1.82, 2.24) is 4.98 Å². The third-order valence-electron chi connectivity index (χ3n) is 3.65. The Morgan fingerprint density at radius 2 is 1.91 bits per heavy atom. The maximum absolute atomic E-state index is 11.5. The van der Waals surface area contributed by atoms with Crippen LogP contribution in [0, 0.1) is 6.92 Å². The van der Waals surface area contributed by atoms with E-state index < -0.39 is 5.97 Å². The first-order chi connectivity index (χ1) is 10.6. The van der Waals surface area contributed by atoms with Gasteiger partial charge in [-0.2, -0.15) is 0 Å². The van der Waals surface area contributed by atoms with E-state index in [0.29, 0.717) is 16.6 Å². The molecule has 0 bridgehead atoms. The van der Waals surface area contributed by atoms with Gasteiger partial charge in [0.05, 0.1) is 23.9 Å². The molecule has 3 aromatic rings. The first-order valence-corrected chi connectivity index (χ1v) is 6.88. The smallest absolute Gasteiger partial charge is 0.336 e. The molecule has 0 saturated carbocycles. The molecule has 110 valence electrons. The van der Waals surface area contributed by atoms with Gasteiger partial charge in [0.2, 0.25) is 0 Å². The number of benzene rings is 2. The summed E-state index contributed by atoms with van der Waals surface area (Å²) in [6.45, 7) is 1.96. The molecule has 1 aromatic heterocycles. The number of carbonyl (C=O) groups is 1. The Morgan fingerprint density at radius 1 is 1.14 bits per heavy atom. The molecule has 0 amide bonds. The van der Waals surface area contributed by atoms with Gasteiger partial charge in [0.25, 0.3) is 0 Å². The maximum Gasteiger partial charge on any atom is 0.336 e. The molecule has 1 N–H and O–H groups in total. The molecule has 0 radical (unpaired) electrons. The second kappa shape index (κ2) is 5.48. The van der Waals surface area contributed by atoms with Crippen LogP contribution in [0.4, 0.5) is 0 Å². The van der Waals surface area contributed by atoms with Crippen molar-refractivity contribution in [3.05, 3.63) is 59.7 Å². The molecule has 0 aliphatic heterocycles. The fraction of sp³-hybridized carbons (Fsp3) is 0.111. The minimum absolute atomic E-state index is 0.250.